The first-order valence-corrected chi connectivity index (χ1v) is 7.60. The smallest absolute Gasteiger partial charge is 0.0431 e. The van der Waals surface area contributed by atoms with Crippen molar-refractivity contribution in [2.75, 3.05) is 20.2 Å². The third kappa shape index (κ3) is 12.2. The summed E-state index contributed by atoms with van der Waals surface area (Å²) in [6.45, 7) is 3.81. The van der Waals surface area contributed by atoms with Crippen LogP contribution in [0.3, 0.4) is 0 Å². The number of aliphatic hydroxyl groups excluding tert-OH is 1. The van der Waals surface area contributed by atoms with Gasteiger partial charge in [0.05, 0.1) is 0 Å². The van der Waals surface area contributed by atoms with E-state index in [9.17, 15) is 0 Å². The van der Waals surface area contributed by atoms with Gasteiger partial charge in [-0.2, -0.15) is 0 Å². The summed E-state index contributed by atoms with van der Waals surface area (Å²) in [5.41, 5.74) is 0. The molecule has 0 aromatic rings. The lowest BCUT2D eigenvalue weighted by Crippen LogP contribution is -2.13. The zero-order valence-corrected chi connectivity index (χ0v) is 12.0. The van der Waals surface area contributed by atoms with Crippen LogP contribution < -0.4 is 5.32 Å². The highest BCUT2D eigenvalue weighted by Gasteiger charge is 2.07. The molecule has 2 nitrogen and oxygen atoms in total. The van der Waals surface area contributed by atoms with E-state index in [1.54, 1.807) is 0 Å². The molecule has 0 saturated heterocycles. The monoisotopic (exact) mass is 243 g/mol. The Bertz CT molecular complexity index is 131. The molecular weight excluding hydrogens is 210 g/mol. The van der Waals surface area contributed by atoms with Crippen LogP contribution in [0.1, 0.15) is 71.1 Å². The average molecular weight is 243 g/mol. The van der Waals surface area contributed by atoms with Gasteiger partial charge in [-0.1, -0.05) is 58.3 Å². The van der Waals surface area contributed by atoms with Crippen LogP contribution in [-0.2, 0) is 0 Å². The quantitative estimate of drug-likeness (QED) is 0.483. The van der Waals surface area contributed by atoms with Gasteiger partial charge in [-0.15, -0.1) is 0 Å². The van der Waals surface area contributed by atoms with Gasteiger partial charge >= 0.3 is 0 Å². The second kappa shape index (κ2) is 14.0. The molecule has 0 bridgehead atoms. The SMILES string of the molecule is CCCCC(CCCCCCCO)CCNC. The molecular formula is C15H33NO. The Kier molecular flexibility index (Phi) is 13.9. The van der Waals surface area contributed by atoms with Crippen molar-refractivity contribution in [2.45, 2.75) is 71.1 Å². The zero-order chi connectivity index (χ0) is 12.8. The van der Waals surface area contributed by atoms with Gasteiger partial charge in [0, 0.05) is 6.61 Å². The fourth-order valence-electron chi connectivity index (χ4n) is 2.35. The Morgan fingerprint density at radius 3 is 2.18 bits per heavy atom. The van der Waals surface area contributed by atoms with Gasteiger partial charge in [0.25, 0.3) is 0 Å². The molecule has 1 atom stereocenters. The van der Waals surface area contributed by atoms with Gasteiger partial charge in [0.15, 0.2) is 0 Å². The highest BCUT2D eigenvalue weighted by atomic mass is 16.2. The number of unbranched alkanes of at least 4 members (excludes halogenated alkanes) is 5. The number of hydrogen-bond donors (Lipinski definition) is 2. The van der Waals surface area contributed by atoms with E-state index in [2.05, 4.69) is 12.2 Å². The van der Waals surface area contributed by atoms with Gasteiger partial charge < -0.3 is 10.4 Å². The third-order valence-corrected chi connectivity index (χ3v) is 3.54. The predicted octanol–water partition coefficient (Wildman–Crippen LogP) is 3.74. The number of nitrogens with one attached hydrogen (secondary N) is 1. The van der Waals surface area contributed by atoms with Crippen LogP contribution in [0.15, 0.2) is 0 Å². The summed E-state index contributed by atoms with van der Waals surface area (Å²) in [6, 6.07) is 0. The van der Waals surface area contributed by atoms with Crippen LogP contribution in [0.2, 0.25) is 0 Å². The molecule has 0 rings (SSSR count). The van der Waals surface area contributed by atoms with Crippen molar-refractivity contribution in [1.82, 2.24) is 5.32 Å². The van der Waals surface area contributed by atoms with Crippen LogP contribution in [0.25, 0.3) is 0 Å². The van der Waals surface area contributed by atoms with E-state index in [-0.39, 0.29) is 0 Å². The van der Waals surface area contributed by atoms with Gasteiger partial charge in [-0.3, -0.25) is 0 Å². The summed E-state index contributed by atoms with van der Waals surface area (Å²) in [5.74, 6) is 0.931. The maximum Gasteiger partial charge on any atom is 0.0431 e. The number of rotatable bonds is 13. The summed E-state index contributed by atoms with van der Waals surface area (Å²) in [7, 11) is 2.05. The lowest BCUT2D eigenvalue weighted by atomic mass is 9.92. The van der Waals surface area contributed by atoms with Crippen molar-refractivity contribution in [3.8, 4) is 0 Å². The molecule has 0 radical (unpaired) electrons. The minimum absolute atomic E-state index is 0.362. The summed E-state index contributed by atoms with van der Waals surface area (Å²) < 4.78 is 0. The molecule has 104 valence electrons. The van der Waals surface area contributed by atoms with E-state index in [1.165, 1.54) is 64.3 Å². The highest BCUT2D eigenvalue weighted by molar-refractivity contribution is 4.61. The van der Waals surface area contributed by atoms with Crippen molar-refractivity contribution in [2.24, 2.45) is 5.92 Å². The first kappa shape index (κ1) is 16.9. The first-order valence-electron chi connectivity index (χ1n) is 7.60. The molecule has 0 aromatic carbocycles. The number of aliphatic hydroxyl groups is 1. The molecule has 0 aliphatic rings. The van der Waals surface area contributed by atoms with Crippen molar-refractivity contribution < 1.29 is 5.11 Å². The molecule has 0 spiro atoms. The Hall–Kier alpha value is -0.0800. The molecule has 0 aliphatic carbocycles. The Morgan fingerprint density at radius 1 is 0.882 bits per heavy atom. The molecule has 0 aromatic heterocycles. The van der Waals surface area contributed by atoms with Crippen LogP contribution in [-0.4, -0.2) is 25.3 Å². The Morgan fingerprint density at radius 2 is 1.53 bits per heavy atom. The topological polar surface area (TPSA) is 32.3 Å². The molecule has 2 N–H and O–H groups in total. The Balaban J connectivity index is 3.45. The second-order valence-electron chi connectivity index (χ2n) is 5.18. The van der Waals surface area contributed by atoms with Crippen LogP contribution >= 0.6 is 0 Å². The fourth-order valence-corrected chi connectivity index (χ4v) is 2.35. The minimum atomic E-state index is 0.362. The lowest BCUT2D eigenvalue weighted by molar-refractivity contribution is 0.281. The van der Waals surface area contributed by atoms with E-state index in [0.29, 0.717) is 6.61 Å². The summed E-state index contributed by atoms with van der Waals surface area (Å²) >= 11 is 0. The van der Waals surface area contributed by atoms with Gasteiger partial charge in [0.2, 0.25) is 0 Å². The minimum Gasteiger partial charge on any atom is -0.396 e. The van der Waals surface area contributed by atoms with Crippen molar-refractivity contribution in [1.29, 1.82) is 0 Å². The van der Waals surface area contributed by atoms with E-state index >= 15 is 0 Å². The maximum atomic E-state index is 8.70. The van der Waals surface area contributed by atoms with Crippen LogP contribution in [0.4, 0.5) is 0 Å². The summed E-state index contributed by atoms with van der Waals surface area (Å²) in [4.78, 5) is 0. The van der Waals surface area contributed by atoms with Crippen molar-refractivity contribution >= 4 is 0 Å². The molecule has 0 heterocycles. The standard InChI is InChI=1S/C15H33NO/c1-3-4-10-15(12-13-16-2)11-8-6-5-7-9-14-17/h15-17H,3-14H2,1-2H3. The molecule has 1 unspecified atom stereocenters. The van der Waals surface area contributed by atoms with E-state index < -0.39 is 0 Å². The van der Waals surface area contributed by atoms with Gasteiger partial charge in [-0.25, -0.2) is 0 Å². The van der Waals surface area contributed by atoms with E-state index in [0.717, 1.165) is 12.3 Å². The van der Waals surface area contributed by atoms with E-state index in [4.69, 9.17) is 5.11 Å². The molecule has 17 heavy (non-hydrogen) atoms. The van der Waals surface area contributed by atoms with E-state index in [1.807, 2.05) is 7.05 Å². The lowest BCUT2D eigenvalue weighted by Gasteiger charge is -2.16. The van der Waals surface area contributed by atoms with Crippen LogP contribution in [0, 0.1) is 5.92 Å². The normalized spacial score (nSPS) is 12.9. The maximum absolute atomic E-state index is 8.70. The number of hydrogen-bond acceptors (Lipinski definition) is 2. The molecule has 0 aliphatic heterocycles. The first-order chi connectivity index (χ1) is 8.35. The summed E-state index contributed by atoms with van der Waals surface area (Å²) in [5, 5.41) is 12.0. The van der Waals surface area contributed by atoms with Crippen molar-refractivity contribution in [3.05, 3.63) is 0 Å². The Labute approximate surface area is 108 Å². The van der Waals surface area contributed by atoms with Gasteiger partial charge in [0.1, 0.15) is 0 Å². The average Bonchev–Trinajstić information content (AvgIpc) is 2.35. The predicted molar refractivity (Wildman–Crippen MR) is 76.3 cm³/mol. The fraction of sp³-hybridized carbons (Fsp3) is 1.00. The third-order valence-electron chi connectivity index (χ3n) is 3.54. The highest BCUT2D eigenvalue weighted by Crippen LogP contribution is 2.20. The molecule has 0 amide bonds. The summed E-state index contributed by atoms with van der Waals surface area (Å²) in [6.07, 6.45) is 13.1. The largest absolute Gasteiger partial charge is 0.396 e. The van der Waals surface area contributed by atoms with Crippen LogP contribution in [0.5, 0.6) is 0 Å². The molecule has 0 fully saturated rings. The van der Waals surface area contributed by atoms with Gasteiger partial charge in [-0.05, 0) is 32.4 Å². The molecule has 2 heteroatoms. The molecule has 0 saturated carbocycles. The van der Waals surface area contributed by atoms with Crippen molar-refractivity contribution in [3.63, 3.8) is 0 Å². The second-order valence-corrected chi connectivity index (χ2v) is 5.18. The zero-order valence-electron chi connectivity index (χ0n) is 12.0.